The predicted molar refractivity (Wildman–Crippen MR) is 103 cm³/mol. The van der Waals surface area contributed by atoms with Crippen LogP contribution in [0, 0.1) is 0 Å². The number of thioether (sulfide) groups is 1. The van der Waals surface area contributed by atoms with Gasteiger partial charge in [0, 0.05) is 29.2 Å². The Morgan fingerprint density at radius 1 is 1.12 bits per heavy atom. The molecule has 3 aromatic rings. The van der Waals surface area contributed by atoms with Gasteiger partial charge in [-0.1, -0.05) is 53.2 Å². The molecule has 0 aliphatic carbocycles. The van der Waals surface area contributed by atoms with Crippen molar-refractivity contribution in [3.8, 4) is 11.5 Å². The fraction of sp³-hybridized carbons (Fsp3) is 0.167. The molecule has 26 heavy (non-hydrogen) atoms. The Kier molecular flexibility index (Phi) is 6.19. The van der Waals surface area contributed by atoms with Crippen LogP contribution in [0.15, 0.2) is 58.2 Å². The summed E-state index contributed by atoms with van der Waals surface area (Å²) in [6.45, 7) is 0.443. The predicted octanol–water partition coefficient (Wildman–Crippen LogP) is 4.79. The van der Waals surface area contributed by atoms with Crippen molar-refractivity contribution < 1.29 is 9.21 Å². The first-order valence-corrected chi connectivity index (χ1v) is 9.46. The third-order valence-electron chi connectivity index (χ3n) is 3.61. The van der Waals surface area contributed by atoms with Crippen LogP contribution in [0.5, 0.6) is 0 Å². The molecule has 0 saturated heterocycles. The van der Waals surface area contributed by atoms with Crippen molar-refractivity contribution in [2.24, 2.45) is 0 Å². The van der Waals surface area contributed by atoms with Crippen molar-refractivity contribution in [1.82, 2.24) is 15.1 Å². The lowest BCUT2D eigenvalue weighted by Gasteiger charge is -2.17. The van der Waals surface area contributed by atoms with Gasteiger partial charge in [-0.25, -0.2) is 0 Å². The fourth-order valence-corrected chi connectivity index (χ4v) is 3.21. The third kappa shape index (κ3) is 4.78. The molecule has 0 aliphatic rings. The van der Waals surface area contributed by atoms with Crippen LogP contribution in [0.25, 0.3) is 11.5 Å². The number of hydrogen-bond donors (Lipinski definition) is 0. The zero-order valence-corrected chi connectivity index (χ0v) is 16.2. The Morgan fingerprint density at radius 2 is 1.85 bits per heavy atom. The summed E-state index contributed by atoms with van der Waals surface area (Å²) in [5.41, 5.74) is 1.67. The van der Waals surface area contributed by atoms with Gasteiger partial charge in [0.15, 0.2) is 0 Å². The molecule has 0 saturated carbocycles. The molecule has 1 heterocycles. The minimum absolute atomic E-state index is 0.0545. The van der Waals surface area contributed by atoms with E-state index in [9.17, 15) is 4.79 Å². The summed E-state index contributed by atoms with van der Waals surface area (Å²) in [6, 6.07) is 14.6. The van der Waals surface area contributed by atoms with Gasteiger partial charge in [0.05, 0.1) is 5.75 Å². The van der Waals surface area contributed by atoms with Gasteiger partial charge in [0.25, 0.3) is 5.22 Å². The molecule has 0 unspecified atom stereocenters. The van der Waals surface area contributed by atoms with Crippen LogP contribution in [0.4, 0.5) is 0 Å². The minimum Gasteiger partial charge on any atom is -0.411 e. The second-order valence-corrected chi connectivity index (χ2v) is 7.28. The van der Waals surface area contributed by atoms with E-state index in [1.54, 1.807) is 42.3 Å². The summed E-state index contributed by atoms with van der Waals surface area (Å²) in [5.74, 6) is 0.533. The summed E-state index contributed by atoms with van der Waals surface area (Å²) in [6.07, 6.45) is 0. The van der Waals surface area contributed by atoms with Crippen molar-refractivity contribution in [1.29, 1.82) is 0 Å². The number of halogens is 2. The second-order valence-electron chi connectivity index (χ2n) is 5.51. The van der Waals surface area contributed by atoms with Gasteiger partial charge in [0.2, 0.25) is 11.8 Å². The number of hydrogen-bond acceptors (Lipinski definition) is 5. The van der Waals surface area contributed by atoms with Gasteiger partial charge < -0.3 is 9.32 Å². The number of carbonyl (C=O) groups is 1. The molecule has 3 rings (SSSR count). The lowest BCUT2D eigenvalue weighted by molar-refractivity contribution is -0.127. The number of aromatic nitrogens is 2. The normalized spacial score (nSPS) is 10.7. The van der Waals surface area contributed by atoms with E-state index in [1.807, 2.05) is 18.2 Å². The van der Waals surface area contributed by atoms with Crippen molar-refractivity contribution in [2.45, 2.75) is 11.8 Å². The highest BCUT2D eigenvalue weighted by Gasteiger charge is 2.15. The SMILES string of the molecule is CN(Cc1ccccc1Cl)C(=O)CSc1nnc(-c2ccc(Cl)cc2)o1. The van der Waals surface area contributed by atoms with Gasteiger partial charge in [-0.15, -0.1) is 10.2 Å². The number of rotatable bonds is 6. The van der Waals surface area contributed by atoms with Crippen LogP contribution in [-0.2, 0) is 11.3 Å². The fourth-order valence-electron chi connectivity index (χ4n) is 2.18. The van der Waals surface area contributed by atoms with E-state index in [1.165, 1.54) is 11.8 Å². The maximum atomic E-state index is 12.3. The Hall–Kier alpha value is -2.02. The first-order valence-electron chi connectivity index (χ1n) is 7.72. The zero-order valence-electron chi connectivity index (χ0n) is 13.9. The molecule has 0 fully saturated rings. The Bertz CT molecular complexity index is 899. The van der Waals surface area contributed by atoms with Crippen LogP contribution in [0.1, 0.15) is 5.56 Å². The third-order valence-corrected chi connectivity index (χ3v) is 5.03. The van der Waals surface area contributed by atoms with Gasteiger partial charge in [-0.2, -0.15) is 0 Å². The highest BCUT2D eigenvalue weighted by atomic mass is 35.5. The largest absolute Gasteiger partial charge is 0.411 e. The van der Waals surface area contributed by atoms with E-state index in [-0.39, 0.29) is 11.7 Å². The van der Waals surface area contributed by atoms with Gasteiger partial charge in [0.1, 0.15) is 0 Å². The molecule has 2 aromatic carbocycles. The molecule has 8 heteroatoms. The second kappa shape index (κ2) is 8.58. The molecule has 0 radical (unpaired) electrons. The van der Waals surface area contributed by atoms with E-state index in [4.69, 9.17) is 27.6 Å². The van der Waals surface area contributed by atoms with E-state index in [0.717, 1.165) is 11.1 Å². The molecule has 1 amide bonds. The molecule has 5 nitrogen and oxygen atoms in total. The zero-order chi connectivity index (χ0) is 18.5. The van der Waals surface area contributed by atoms with Crippen molar-refractivity contribution in [3.63, 3.8) is 0 Å². The maximum Gasteiger partial charge on any atom is 0.277 e. The molecule has 0 N–H and O–H groups in total. The topological polar surface area (TPSA) is 59.2 Å². The first kappa shape index (κ1) is 18.8. The molecule has 134 valence electrons. The monoisotopic (exact) mass is 407 g/mol. The van der Waals surface area contributed by atoms with E-state index in [2.05, 4.69) is 10.2 Å². The summed E-state index contributed by atoms with van der Waals surface area (Å²) in [5, 5.41) is 9.58. The number of nitrogens with zero attached hydrogens (tertiary/aromatic N) is 3. The highest BCUT2D eigenvalue weighted by molar-refractivity contribution is 7.99. The minimum atomic E-state index is -0.0545. The average Bonchev–Trinajstić information content (AvgIpc) is 3.11. The van der Waals surface area contributed by atoms with Gasteiger partial charge in [-0.05, 0) is 35.9 Å². The molecular weight excluding hydrogens is 393 g/mol. The quantitative estimate of drug-likeness (QED) is 0.549. The first-order chi connectivity index (χ1) is 12.5. The maximum absolute atomic E-state index is 12.3. The smallest absolute Gasteiger partial charge is 0.277 e. The summed E-state index contributed by atoms with van der Waals surface area (Å²) in [4.78, 5) is 13.9. The number of amides is 1. The van der Waals surface area contributed by atoms with Crippen molar-refractivity contribution >= 4 is 40.9 Å². The molecule has 0 aliphatic heterocycles. The number of carbonyl (C=O) groups excluding carboxylic acids is 1. The number of benzene rings is 2. The van der Waals surface area contributed by atoms with Gasteiger partial charge in [-0.3, -0.25) is 4.79 Å². The Morgan fingerprint density at radius 3 is 2.58 bits per heavy atom. The van der Waals surface area contributed by atoms with Crippen molar-refractivity contribution in [3.05, 3.63) is 64.1 Å². The Balaban J connectivity index is 1.56. The lowest BCUT2D eigenvalue weighted by Crippen LogP contribution is -2.27. The van der Waals surface area contributed by atoms with Crippen LogP contribution in [0.3, 0.4) is 0 Å². The highest BCUT2D eigenvalue weighted by Crippen LogP contribution is 2.24. The lowest BCUT2D eigenvalue weighted by atomic mass is 10.2. The van der Waals surface area contributed by atoms with Crippen molar-refractivity contribution in [2.75, 3.05) is 12.8 Å². The van der Waals surface area contributed by atoms with Crippen LogP contribution in [-0.4, -0.2) is 33.8 Å². The summed E-state index contributed by atoms with van der Waals surface area (Å²) >= 11 is 13.2. The molecule has 1 aromatic heterocycles. The van der Waals surface area contributed by atoms with Gasteiger partial charge >= 0.3 is 0 Å². The average molecular weight is 408 g/mol. The van der Waals surface area contributed by atoms with Crippen LogP contribution >= 0.6 is 35.0 Å². The molecular formula is C18H15Cl2N3O2S. The van der Waals surface area contributed by atoms with E-state index in [0.29, 0.717) is 27.7 Å². The molecule has 0 atom stereocenters. The van der Waals surface area contributed by atoms with E-state index >= 15 is 0 Å². The van der Waals surface area contributed by atoms with Crippen LogP contribution < -0.4 is 0 Å². The Labute approximate surface area is 165 Å². The summed E-state index contributed by atoms with van der Waals surface area (Å²) < 4.78 is 5.58. The molecule has 0 spiro atoms. The summed E-state index contributed by atoms with van der Waals surface area (Å²) in [7, 11) is 1.74. The molecule has 0 bridgehead atoms. The van der Waals surface area contributed by atoms with E-state index < -0.39 is 0 Å². The van der Waals surface area contributed by atoms with Crippen LogP contribution in [0.2, 0.25) is 10.0 Å². The standard InChI is InChI=1S/C18H15Cl2N3O2S/c1-23(10-13-4-2-3-5-15(13)20)16(24)11-26-18-22-21-17(25-18)12-6-8-14(19)9-7-12/h2-9H,10-11H2,1H3.